The average molecular weight is 300 g/mol. The van der Waals surface area contributed by atoms with Gasteiger partial charge in [0.25, 0.3) is 0 Å². The van der Waals surface area contributed by atoms with Crippen LogP contribution in [0.2, 0.25) is 0 Å². The summed E-state index contributed by atoms with van der Waals surface area (Å²) in [7, 11) is 1.64. The summed E-state index contributed by atoms with van der Waals surface area (Å²) in [5.41, 5.74) is 0. The van der Waals surface area contributed by atoms with Crippen LogP contribution in [0.1, 0.15) is 6.92 Å². The zero-order valence-corrected chi connectivity index (χ0v) is 11.8. The molecule has 1 aromatic carbocycles. The summed E-state index contributed by atoms with van der Waals surface area (Å²) in [6, 6.07) is 5.66. The van der Waals surface area contributed by atoms with Crippen molar-refractivity contribution in [3.05, 3.63) is 35.3 Å². The Bertz CT molecular complexity index is 368. The maximum Gasteiger partial charge on any atom is 0.134 e. The SMILES string of the molecule is C=CCNCC(C)Oc1ccc(OC)cc1Br. The van der Waals surface area contributed by atoms with Crippen LogP contribution in [0.4, 0.5) is 0 Å². The van der Waals surface area contributed by atoms with Crippen LogP contribution in [0.5, 0.6) is 11.5 Å². The predicted octanol–water partition coefficient (Wildman–Crippen LogP) is 3.00. The number of halogens is 1. The molecular formula is C13H18BrNO2. The Morgan fingerprint density at radius 1 is 1.53 bits per heavy atom. The highest BCUT2D eigenvalue weighted by molar-refractivity contribution is 9.10. The lowest BCUT2D eigenvalue weighted by molar-refractivity contribution is 0.217. The molecular weight excluding hydrogens is 282 g/mol. The maximum absolute atomic E-state index is 5.79. The van der Waals surface area contributed by atoms with Gasteiger partial charge in [-0.3, -0.25) is 0 Å². The standard InChI is InChI=1S/C13H18BrNO2/c1-4-7-15-9-10(2)17-13-6-5-11(16-3)8-12(13)14/h4-6,8,10,15H,1,7,9H2,2-3H3. The lowest BCUT2D eigenvalue weighted by atomic mass is 10.3. The second-order valence-electron chi connectivity index (χ2n) is 3.67. The van der Waals surface area contributed by atoms with Gasteiger partial charge in [-0.2, -0.15) is 0 Å². The molecule has 1 unspecified atom stereocenters. The van der Waals surface area contributed by atoms with Crippen molar-refractivity contribution in [2.75, 3.05) is 20.2 Å². The molecule has 94 valence electrons. The minimum absolute atomic E-state index is 0.0969. The van der Waals surface area contributed by atoms with Crippen molar-refractivity contribution in [2.24, 2.45) is 0 Å². The van der Waals surface area contributed by atoms with Gasteiger partial charge in [-0.15, -0.1) is 6.58 Å². The fourth-order valence-electron chi connectivity index (χ4n) is 1.35. The molecule has 0 bridgehead atoms. The topological polar surface area (TPSA) is 30.5 Å². The number of benzene rings is 1. The van der Waals surface area contributed by atoms with Crippen molar-refractivity contribution in [2.45, 2.75) is 13.0 Å². The summed E-state index contributed by atoms with van der Waals surface area (Å²) < 4.78 is 11.8. The van der Waals surface area contributed by atoms with E-state index < -0.39 is 0 Å². The summed E-state index contributed by atoms with van der Waals surface area (Å²) in [5, 5.41) is 3.21. The Morgan fingerprint density at radius 3 is 2.88 bits per heavy atom. The molecule has 0 aliphatic rings. The Hall–Kier alpha value is -1.00. The number of hydrogen-bond donors (Lipinski definition) is 1. The highest BCUT2D eigenvalue weighted by atomic mass is 79.9. The maximum atomic E-state index is 5.79. The Morgan fingerprint density at radius 2 is 2.29 bits per heavy atom. The molecule has 0 heterocycles. The van der Waals surface area contributed by atoms with E-state index in [9.17, 15) is 0 Å². The van der Waals surface area contributed by atoms with Gasteiger partial charge in [0.1, 0.15) is 17.6 Å². The third kappa shape index (κ3) is 4.79. The van der Waals surface area contributed by atoms with E-state index in [1.165, 1.54) is 0 Å². The molecule has 3 nitrogen and oxygen atoms in total. The summed E-state index contributed by atoms with van der Waals surface area (Å²) >= 11 is 3.46. The van der Waals surface area contributed by atoms with E-state index in [0.717, 1.165) is 29.1 Å². The van der Waals surface area contributed by atoms with Gasteiger partial charge in [-0.05, 0) is 41.1 Å². The number of methoxy groups -OCH3 is 1. The van der Waals surface area contributed by atoms with Crippen molar-refractivity contribution in [1.82, 2.24) is 5.32 Å². The zero-order chi connectivity index (χ0) is 12.7. The Kier molecular flexibility index (Phi) is 6.08. The molecule has 17 heavy (non-hydrogen) atoms. The highest BCUT2D eigenvalue weighted by Crippen LogP contribution is 2.29. The number of rotatable bonds is 7. The molecule has 1 aromatic rings. The lowest BCUT2D eigenvalue weighted by Crippen LogP contribution is -2.29. The minimum Gasteiger partial charge on any atom is -0.497 e. The summed E-state index contributed by atoms with van der Waals surface area (Å²) in [4.78, 5) is 0. The van der Waals surface area contributed by atoms with Crippen molar-refractivity contribution >= 4 is 15.9 Å². The Balaban J connectivity index is 2.52. The molecule has 0 saturated carbocycles. The second kappa shape index (κ2) is 7.35. The first-order chi connectivity index (χ1) is 8.17. The van der Waals surface area contributed by atoms with Crippen LogP contribution < -0.4 is 14.8 Å². The van der Waals surface area contributed by atoms with Gasteiger partial charge in [0.2, 0.25) is 0 Å². The molecule has 1 atom stereocenters. The molecule has 1 N–H and O–H groups in total. The van der Waals surface area contributed by atoms with Crippen LogP contribution in [0.3, 0.4) is 0 Å². The monoisotopic (exact) mass is 299 g/mol. The first kappa shape index (κ1) is 14.1. The quantitative estimate of drug-likeness (QED) is 0.620. The van der Waals surface area contributed by atoms with E-state index in [1.807, 2.05) is 31.2 Å². The first-order valence-corrected chi connectivity index (χ1v) is 6.28. The van der Waals surface area contributed by atoms with Crippen LogP contribution >= 0.6 is 15.9 Å². The van der Waals surface area contributed by atoms with Gasteiger partial charge in [0.15, 0.2) is 0 Å². The van der Waals surface area contributed by atoms with Crippen LogP contribution in [0, 0.1) is 0 Å². The average Bonchev–Trinajstić information content (AvgIpc) is 2.32. The van der Waals surface area contributed by atoms with Gasteiger partial charge < -0.3 is 14.8 Å². The van der Waals surface area contributed by atoms with Gasteiger partial charge in [-0.25, -0.2) is 0 Å². The van der Waals surface area contributed by atoms with Crippen molar-refractivity contribution in [3.8, 4) is 11.5 Å². The van der Waals surface area contributed by atoms with Crippen LogP contribution in [0.15, 0.2) is 35.3 Å². The zero-order valence-electron chi connectivity index (χ0n) is 10.2. The normalized spacial score (nSPS) is 11.9. The number of hydrogen-bond acceptors (Lipinski definition) is 3. The third-order valence-corrected chi connectivity index (χ3v) is 2.81. The van der Waals surface area contributed by atoms with Crippen molar-refractivity contribution in [3.63, 3.8) is 0 Å². The van der Waals surface area contributed by atoms with Crippen LogP contribution in [-0.4, -0.2) is 26.3 Å². The van der Waals surface area contributed by atoms with Crippen LogP contribution in [-0.2, 0) is 0 Å². The van der Waals surface area contributed by atoms with E-state index in [0.29, 0.717) is 0 Å². The molecule has 0 spiro atoms. The molecule has 1 rings (SSSR count). The minimum atomic E-state index is 0.0969. The fraction of sp³-hybridized carbons (Fsp3) is 0.385. The molecule has 0 aliphatic heterocycles. The van der Waals surface area contributed by atoms with Gasteiger partial charge in [0.05, 0.1) is 11.6 Å². The van der Waals surface area contributed by atoms with Gasteiger partial charge in [0, 0.05) is 13.1 Å². The fourth-order valence-corrected chi connectivity index (χ4v) is 1.80. The van der Waals surface area contributed by atoms with Crippen LogP contribution in [0.25, 0.3) is 0 Å². The molecule has 0 radical (unpaired) electrons. The molecule has 4 heteroatoms. The third-order valence-electron chi connectivity index (χ3n) is 2.19. The summed E-state index contributed by atoms with van der Waals surface area (Å²) in [6.07, 6.45) is 1.93. The Labute approximate surface area is 111 Å². The van der Waals surface area contributed by atoms with E-state index in [-0.39, 0.29) is 6.10 Å². The van der Waals surface area contributed by atoms with Gasteiger partial charge >= 0.3 is 0 Å². The van der Waals surface area contributed by atoms with E-state index >= 15 is 0 Å². The van der Waals surface area contributed by atoms with E-state index in [1.54, 1.807) is 7.11 Å². The smallest absolute Gasteiger partial charge is 0.134 e. The predicted molar refractivity (Wildman–Crippen MR) is 73.9 cm³/mol. The molecule has 0 amide bonds. The molecule has 0 fully saturated rings. The highest BCUT2D eigenvalue weighted by Gasteiger charge is 2.07. The summed E-state index contributed by atoms with van der Waals surface area (Å²) in [6.45, 7) is 7.24. The molecule has 0 saturated heterocycles. The van der Waals surface area contributed by atoms with Crippen molar-refractivity contribution in [1.29, 1.82) is 0 Å². The number of ether oxygens (including phenoxy) is 2. The van der Waals surface area contributed by atoms with E-state index in [2.05, 4.69) is 27.8 Å². The van der Waals surface area contributed by atoms with Crippen molar-refractivity contribution < 1.29 is 9.47 Å². The number of nitrogens with one attached hydrogen (secondary N) is 1. The first-order valence-electron chi connectivity index (χ1n) is 5.49. The van der Waals surface area contributed by atoms with Gasteiger partial charge in [-0.1, -0.05) is 6.08 Å². The van der Waals surface area contributed by atoms with E-state index in [4.69, 9.17) is 9.47 Å². The largest absolute Gasteiger partial charge is 0.497 e. The molecule has 0 aliphatic carbocycles. The second-order valence-corrected chi connectivity index (χ2v) is 4.53. The lowest BCUT2D eigenvalue weighted by Gasteiger charge is -2.16. The molecule has 0 aromatic heterocycles. The summed E-state index contributed by atoms with van der Waals surface area (Å²) in [5.74, 6) is 1.63.